The van der Waals surface area contributed by atoms with Crippen molar-refractivity contribution in [1.29, 1.82) is 0 Å². The average Bonchev–Trinajstić information content (AvgIpc) is 2.45. The molecule has 0 fully saturated rings. The monoisotopic (exact) mass is 254 g/mol. The predicted molar refractivity (Wildman–Crippen MR) is 78.8 cm³/mol. The standard InChI is InChI=1S/C17H18O2/c1-4-5-12(2)17(18)15-7-6-14-11-16(19-3)9-8-13(14)10-15/h4,6-12H,1,5H2,2-3H3. The van der Waals surface area contributed by atoms with E-state index in [-0.39, 0.29) is 11.7 Å². The van der Waals surface area contributed by atoms with Crippen molar-refractivity contribution in [2.45, 2.75) is 13.3 Å². The first-order valence-electron chi connectivity index (χ1n) is 6.38. The first-order chi connectivity index (χ1) is 9.15. The summed E-state index contributed by atoms with van der Waals surface area (Å²) in [4.78, 5) is 12.2. The minimum atomic E-state index is -0.0202. The fourth-order valence-electron chi connectivity index (χ4n) is 2.15. The highest BCUT2D eigenvalue weighted by Crippen LogP contribution is 2.23. The van der Waals surface area contributed by atoms with Crippen LogP contribution in [0.2, 0.25) is 0 Å². The van der Waals surface area contributed by atoms with Gasteiger partial charge in [0.05, 0.1) is 7.11 Å². The molecule has 0 bridgehead atoms. The maximum atomic E-state index is 12.2. The Labute approximate surface area is 113 Å². The van der Waals surface area contributed by atoms with Crippen molar-refractivity contribution in [3.05, 3.63) is 54.6 Å². The van der Waals surface area contributed by atoms with Gasteiger partial charge >= 0.3 is 0 Å². The lowest BCUT2D eigenvalue weighted by Gasteiger charge is -2.09. The molecule has 0 aromatic heterocycles. The van der Waals surface area contributed by atoms with Gasteiger partial charge in [0.15, 0.2) is 5.78 Å². The number of ketones is 1. The normalized spacial score (nSPS) is 12.1. The van der Waals surface area contributed by atoms with E-state index in [1.54, 1.807) is 13.2 Å². The van der Waals surface area contributed by atoms with E-state index in [2.05, 4.69) is 6.58 Å². The van der Waals surface area contributed by atoms with Crippen molar-refractivity contribution >= 4 is 16.6 Å². The summed E-state index contributed by atoms with van der Waals surface area (Å²) in [7, 11) is 1.65. The topological polar surface area (TPSA) is 26.3 Å². The number of rotatable bonds is 5. The number of carbonyl (C=O) groups is 1. The summed E-state index contributed by atoms with van der Waals surface area (Å²) in [6, 6.07) is 11.6. The molecule has 2 heteroatoms. The highest BCUT2D eigenvalue weighted by molar-refractivity contribution is 6.01. The summed E-state index contributed by atoms with van der Waals surface area (Å²) in [6.45, 7) is 5.61. The molecule has 0 N–H and O–H groups in total. The first kappa shape index (κ1) is 13.3. The Morgan fingerprint density at radius 3 is 2.63 bits per heavy atom. The number of methoxy groups -OCH3 is 1. The van der Waals surface area contributed by atoms with Crippen LogP contribution in [0.25, 0.3) is 10.8 Å². The van der Waals surface area contributed by atoms with Crippen LogP contribution < -0.4 is 4.74 Å². The smallest absolute Gasteiger partial charge is 0.165 e. The van der Waals surface area contributed by atoms with Gasteiger partial charge in [-0.15, -0.1) is 6.58 Å². The molecular weight excluding hydrogens is 236 g/mol. The zero-order chi connectivity index (χ0) is 13.8. The Morgan fingerprint density at radius 2 is 1.95 bits per heavy atom. The van der Waals surface area contributed by atoms with E-state index in [1.807, 2.05) is 43.3 Å². The van der Waals surface area contributed by atoms with E-state index in [1.165, 1.54) is 0 Å². The third-order valence-corrected chi connectivity index (χ3v) is 3.30. The second-order valence-corrected chi connectivity index (χ2v) is 4.72. The second kappa shape index (κ2) is 5.70. The van der Waals surface area contributed by atoms with E-state index in [4.69, 9.17) is 4.74 Å². The molecule has 0 radical (unpaired) electrons. The van der Waals surface area contributed by atoms with E-state index >= 15 is 0 Å². The number of benzene rings is 2. The molecule has 2 aromatic carbocycles. The van der Waals surface area contributed by atoms with E-state index in [9.17, 15) is 4.79 Å². The average molecular weight is 254 g/mol. The van der Waals surface area contributed by atoms with Crippen molar-refractivity contribution in [3.63, 3.8) is 0 Å². The maximum Gasteiger partial charge on any atom is 0.165 e. The molecule has 0 aliphatic carbocycles. The van der Waals surface area contributed by atoms with Gasteiger partial charge in [-0.2, -0.15) is 0 Å². The molecule has 1 atom stereocenters. The first-order valence-corrected chi connectivity index (χ1v) is 6.38. The SMILES string of the molecule is C=CCC(C)C(=O)c1ccc2cc(OC)ccc2c1. The lowest BCUT2D eigenvalue weighted by Crippen LogP contribution is -2.10. The quantitative estimate of drug-likeness (QED) is 0.589. The van der Waals surface area contributed by atoms with Crippen molar-refractivity contribution < 1.29 is 9.53 Å². The van der Waals surface area contributed by atoms with Crippen LogP contribution in [0.4, 0.5) is 0 Å². The van der Waals surface area contributed by atoms with Gasteiger partial charge in [-0.05, 0) is 35.4 Å². The number of ether oxygens (including phenoxy) is 1. The Hall–Kier alpha value is -2.09. The number of carbonyl (C=O) groups excluding carboxylic acids is 1. The van der Waals surface area contributed by atoms with Crippen molar-refractivity contribution in [3.8, 4) is 5.75 Å². The Balaban J connectivity index is 2.36. The number of hydrogen-bond donors (Lipinski definition) is 0. The van der Waals surface area contributed by atoms with Gasteiger partial charge in [0.2, 0.25) is 0 Å². The van der Waals surface area contributed by atoms with Gasteiger partial charge in [-0.3, -0.25) is 4.79 Å². The molecule has 0 spiro atoms. The minimum absolute atomic E-state index is 0.0202. The van der Waals surface area contributed by atoms with Gasteiger partial charge < -0.3 is 4.74 Å². The minimum Gasteiger partial charge on any atom is -0.497 e. The Kier molecular flexibility index (Phi) is 4.00. The molecule has 19 heavy (non-hydrogen) atoms. The van der Waals surface area contributed by atoms with Crippen LogP contribution in [0.5, 0.6) is 5.75 Å². The zero-order valence-corrected chi connectivity index (χ0v) is 11.3. The molecule has 98 valence electrons. The van der Waals surface area contributed by atoms with Gasteiger partial charge in [0.25, 0.3) is 0 Å². The van der Waals surface area contributed by atoms with E-state index in [0.29, 0.717) is 6.42 Å². The van der Waals surface area contributed by atoms with Crippen LogP contribution in [-0.2, 0) is 0 Å². The number of fused-ring (bicyclic) bond motifs is 1. The molecule has 0 amide bonds. The largest absolute Gasteiger partial charge is 0.497 e. The molecule has 0 heterocycles. The second-order valence-electron chi connectivity index (χ2n) is 4.72. The molecular formula is C17H18O2. The molecule has 2 nitrogen and oxygen atoms in total. The molecule has 0 aliphatic rings. The van der Waals surface area contributed by atoms with E-state index < -0.39 is 0 Å². The third kappa shape index (κ3) is 2.84. The van der Waals surface area contributed by atoms with Crippen molar-refractivity contribution in [2.75, 3.05) is 7.11 Å². The molecule has 2 aromatic rings. The van der Waals surface area contributed by atoms with Gasteiger partial charge in [0, 0.05) is 11.5 Å². The summed E-state index contributed by atoms with van der Waals surface area (Å²) in [5, 5.41) is 2.13. The molecule has 0 saturated heterocycles. The van der Waals surface area contributed by atoms with Crippen LogP contribution in [0.15, 0.2) is 49.1 Å². The fraction of sp³-hybridized carbons (Fsp3) is 0.235. The third-order valence-electron chi connectivity index (χ3n) is 3.30. The fourth-order valence-corrected chi connectivity index (χ4v) is 2.15. The lowest BCUT2D eigenvalue weighted by atomic mass is 9.95. The Morgan fingerprint density at radius 1 is 1.26 bits per heavy atom. The lowest BCUT2D eigenvalue weighted by molar-refractivity contribution is 0.0931. The van der Waals surface area contributed by atoms with Crippen LogP contribution in [0, 0.1) is 5.92 Å². The highest BCUT2D eigenvalue weighted by Gasteiger charge is 2.14. The maximum absolute atomic E-state index is 12.2. The zero-order valence-electron chi connectivity index (χ0n) is 11.3. The molecule has 0 saturated carbocycles. The van der Waals surface area contributed by atoms with Gasteiger partial charge in [-0.25, -0.2) is 0 Å². The summed E-state index contributed by atoms with van der Waals surface area (Å²) in [5.41, 5.74) is 0.756. The molecule has 0 aliphatic heterocycles. The van der Waals surface area contributed by atoms with Gasteiger partial charge in [0.1, 0.15) is 5.75 Å². The van der Waals surface area contributed by atoms with Crippen LogP contribution in [0.1, 0.15) is 23.7 Å². The van der Waals surface area contributed by atoms with Crippen LogP contribution in [-0.4, -0.2) is 12.9 Å². The van der Waals surface area contributed by atoms with Crippen LogP contribution in [0.3, 0.4) is 0 Å². The van der Waals surface area contributed by atoms with Crippen LogP contribution >= 0.6 is 0 Å². The molecule has 2 rings (SSSR count). The summed E-state index contributed by atoms with van der Waals surface area (Å²) >= 11 is 0. The molecule has 1 unspecified atom stereocenters. The summed E-state index contributed by atoms with van der Waals surface area (Å²) in [5.74, 6) is 0.970. The Bertz CT molecular complexity index is 614. The summed E-state index contributed by atoms with van der Waals surface area (Å²) < 4.78 is 5.19. The van der Waals surface area contributed by atoms with Crippen molar-refractivity contribution in [2.24, 2.45) is 5.92 Å². The van der Waals surface area contributed by atoms with Crippen molar-refractivity contribution in [1.82, 2.24) is 0 Å². The summed E-state index contributed by atoms with van der Waals surface area (Å²) in [6.07, 6.45) is 2.49. The number of Topliss-reactive ketones (excluding diaryl/α,β-unsaturated/α-hetero) is 1. The van der Waals surface area contributed by atoms with E-state index in [0.717, 1.165) is 22.1 Å². The predicted octanol–water partition coefficient (Wildman–Crippen LogP) is 4.24. The number of allylic oxidation sites excluding steroid dienone is 1. The highest BCUT2D eigenvalue weighted by atomic mass is 16.5. The van der Waals surface area contributed by atoms with Gasteiger partial charge in [-0.1, -0.05) is 31.2 Å². The number of hydrogen-bond acceptors (Lipinski definition) is 2.